The summed E-state index contributed by atoms with van der Waals surface area (Å²) in [5, 5.41) is 0.441. The van der Waals surface area contributed by atoms with E-state index in [0.717, 1.165) is 11.1 Å². The van der Waals surface area contributed by atoms with Gasteiger partial charge < -0.3 is 14.4 Å². The van der Waals surface area contributed by atoms with Crippen molar-refractivity contribution in [3.05, 3.63) is 64.7 Å². The van der Waals surface area contributed by atoms with Gasteiger partial charge in [0.05, 0.1) is 24.8 Å². The zero-order valence-electron chi connectivity index (χ0n) is 15.5. The van der Waals surface area contributed by atoms with Crippen molar-refractivity contribution in [2.24, 2.45) is 0 Å². The predicted octanol–water partition coefficient (Wildman–Crippen LogP) is 4.98. The summed E-state index contributed by atoms with van der Waals surface area (Å²) in [6.45, 7) is 4.38. The number of nitrogens with zero attached hydrogens (tertiary/aromatic N) is 1. The van der Waals surface area contributed by atoms with Crippen LogP contribution >= 0.6 is 11.6 Å². The van der Waals surface area contributed by atoms with Crippen LogP contribution in [0.4, 0.5) is 0 Å². The third-order valence-electron chi connectivity index (χ3n) is 4.16. The highest BCUT2D eigenvalue weighted by Gasteiger charge is 2.15. The molecule has 0 aromatic heterocycles. The van der Waals surface area contributed by atoms with Gasteiger partial charge in [-0.2, -0.15) is 0 Å². The van der Waals surface area contributed by atoms with Gasteiger partial charge >= 0.3 is 0 Å². The van der Waals surface area contributed by atoms with Crippen LogP contribution in [0.25, 0.3) is 6.08 Å². The number of methoxy groups -OCH3 is 1. The van der Waals surface area contributed by atoms with Crippen molar-refractivity contribution >= 4 is 23.6 Å². The summed E-state index contributed by atoms with van der Waals surface area (Å²) in [5.41, 5.74) is 1.86. The van der Waals surface area contributed by atoms with E-state index >= 15 is 0 Å². The van der Waals surface area contributed by atoms with Crippen LogP contribution in [0.15, 0.2) is 48.5 Å². The lowest BCUT2D eigenvalue weighted by Gasteiger charge is -2.24. The van der Waals surface area contributed by atoms with Crippen molar-refractivity contribution in [1.82, 2.24) is 4.90 Å². The number of benzene rings is 2. The minimum atomic E-state index is -0.0914. The van der Waals surface area contributed by atoms with Crippen LogP contribution in [0.1, 0.15) is 31.0 Å². The molecule has 0 saturated heterocycles. The van der Waals surface area contributed by atoms with E-state index in [4.69, 9.17) is 21.1 Å². The topological polar surface area (TPSA) is 38.8 Å². The number of rotatable bonds is 7. The third-order valence-corrected chi connectivity index (χ3v) is 4.45. The molecule has 0 spiro atoms. The third kappa shape index (κ3) is 4.79. The lowest BCUT2D eigenvalue weighted by atomic mass is 10.1. The number of carbonyl (C=O) groups excluding carboxylic acids is 1. The maximum Gasteiger partial charge on any atom is 0.246 e. The van der Waals surface area contributed by atoms with Crippen LogP contribution < -0.4 is 9.47 Å². The molecule has 26 heavy (non-hydrogen) atoms. The fourth-order valence-electron chi connectivity index (χ4n) is 2.58. The SMILES string of the molecule is CCOc1cc(/C=C\C(=O)N(C)[C@H](C)c2ccccc2)cc(Cl)c1OC. The smallest absolute Gasteiger partial charge is 0.246 e. The molecule has 0 aliphatic heterocycles. The first-order valence-corrected chi connectivity index (χ1v) is 8.85. The molecule has 0 heterocycles. The quantitative estimate of drug-likeness (QED) is 0.642. The van der Waals surface area contributed by atoms with Crippen molar-refractivity contribution in [2.75, 3.05) is 20.8 Å². The molecule has 0 aliphatic rings. The first-order valence-electron chi connectivity index (χ1n) is 8.48. The predicted molar refractivity (Wildman–Crippen MR) is 106 cm³/mol. The first kappa shape index (κ1) is 19.9. The zero-order chi connectivity index (χ0) is 19.1. The van der Waals surface area contributed by atoms with Gasteiger partial charge in [-0.05, 0) is 43.2 Å². The van der Waals surface area contributed by atoms with Gasteiger partial charge in [0.15, 0.2) is 11.5 Å². The molecule has 0 radical (unpaired) electrons. The van der Waals surface area contributed by atoms with Crippen LogP contribution in [0.2, 0.25) is 5.02 Å². The summed E-state index contributed by atoms with van der Waals surface area (Å²) in [7, 11) is 3.33. The van der Waals surface area contributed by atoms with Crippen molar-refractivity contribution in [3.63, 3.8) is 0 Å². The maximum absolute atomic E-state index is 12.5. The molecule has 1 amide bonds. The lowest BCUT2D eigenvalue weighted by Crippen LogP contribution is -2.27. The van der Waals surface area contributed by atoms with Crippen molar-refractivity contribution in [2.45, 2.75) is 19.9 Å². The zero-order valence-corrected chi connectivity index (χ0v) is 16.3. The van der Waals surface area contributed by atoms with Gasteiger partial charge in [-0.1, -0.05) is 41.9 Å². The number of ether oxygens (including phenoxy) is 2. The van der Waals surface area contributed by atoms with Gasteiger partial charge in [-0.15, -0.1) is 0 Å². The van der Waals surface area contributed by atoms with Crippen molar-refractivity contribution < 1.29 is 14.3 Å². The normalized spacial score (nSPS) is 12.0. The Morgan fingerprint density at radius 3 is 2.58 bits per heavy atom. The maximum atomic E-state index is 12.5. The Labute approximate surface area is 160 Å². The highest BCUT2D eigenvalue weighted by atomic mass is 35.5. The van der Waals surface area contributed by atoms with E-state index in [2.05, 4.69) is 0 Å². The van der Waals surface area contributed by atoms with Crippen LogP contribution in [-0.4, -0.2) is 31.6 Å². The summed E-state index contributed by atoms with van der Waals surface area (Å²) in [4.78, 5) is 14.2. The molecule has 5 heteroatoms. The summed E-state index contributed by atoms with van der Waals surface area (Å²) in [5.74, 6) is 0.957. The second-order valence-electron chi connectivity index (χ2n) is 5.84. The standard InChI is InChI=1S/C21H24ClNO3/c1-5-26-19-14-16(13-18(22)21(19)25-4)11-12-20(24)23(3)15(2)17-9-7-6-8-10-17/h6-15H,5H2,1-4H3/b12-11-/t15-/m1/s1. The molecular weight excluding hydrogens is 350 g/mol. The molecular formula is C21H24ClNO3. The summed E-state index contributed by atoms with van der Waals surface area (Å²) >= 11 is 6.24. The highest BCUT2D eigenvalue weighted by molar-refractivity contribution is 6.32. The molecule has 1 atom stereocenters. The van der Waals surface area contributed by atoms with Crippen LogP contribution in [0.5, 0.6) is 11.5 Å². The minimum absolute atomic E-state index is 0.0215. The van der Waals surface area contributed by atoms with E-state index < -0.39 is 0 Å². The number of amides is 1. The molecule has 0 N–H and O–H groups in total. The van der Waals surface area contributed by atoms with Gasteiger partial charge in [0.1, 0.15) is 0 Å². The Morgan fingerprint density at radius 2 is 1.96 bits per heavy atom. The highest BCUT2D eigenvalue weighted by Crippen LogP contribution is 2.36. The van der Waals surface area contributed by atoms with Gasteiger partial charge in [0, 0.05) is 13.1 Å². The minimum Gasteiger partial charge on any atom is -0.491 e. The van der Waals surface area contributed by atoms with E-state index in [-0.39, 0.29) is 11.9 Å². The Hall–Kier alpha value is -2.46. The van der Waals surface area contributed by atoms with Crippen molar-refractivity contribution in [3.8, 4) is 11.5 Å². The summed E-state index contributed by atoms with van der Waals surface area (Å²) < 4.78 is 10.8. The molecule has 138 valence electrons. The van der Waals surface area contributed by atoms with Crippen LogP contribution in [0, 0.1) is 0 Å². The molecule has 0 aliphatic carbocycles. The number of halogens is 1. The second kappa shape index (κ2) is 9.30. The number of carbonyl (C=O) groups is 1. The fraction of sp³-hybridized carbons (Fsp3) is 0.286. The first-order chi connectivity index (χ1) is 12.5. The van der Waals surface area contributed by atoms with Crippen molar-refractivity contribution in [1.29, 1.82) is 0 Å². The largest absolute Gasteiger partial charge is 0.491 e. The van der Waals surface area contributed by atoms with E-state index in [1.807, 2.05) is 44.2 Å². The van der Waals surface area contributed by atoms with E-state index in [0.29, 0.717) is 23.1 Å². The number of likely N-dealkylation sites (N-methyl/N-ethyl adjacent to an activating group) is 1. The second-order valence-corrected chi connectivity index (χ2v) is 6.24. The Balaban J connectivity index is 2.17. The van der Waals surface area contributed by atoms with Crippen LogP contribution in [0.3, 0.4) is 0 Å². The molecule has 4 nitrogen and oxygen atoms in total. The Kier molecular flexibility index (Phi) is 7.10. The molecule has 2 rings (SSSR count). The average molecular weight is 374 g/mol. The average Bonchev–Trinajstić information content (AvgIpc) is 2.65. The van der Waals surface area contributed by atoms with Crippen LogP contribution in [-0.2, 0) is 4.79 Å². The molecule has 2 aromatic rings. The lowest BCUT2D eigenvalue weighted by molar-refractivity contribution is -0.126. The Morgan fingerprint density at radius 1 is 1.27 bits per heavy atom. The molecule has 0 unspecified atom stereocenters. The van der Waals surface area contributed by atoms with Gasteiger partial charge in [-0.3, -0.25) is 4.79 Å². The van der Waals surface area contributed by atoms with Gasteiger partial charge in [0.2, 0.25) is 5.91 Å². The number of hydrogen-bond acceptors (Lipinski definition) is 3. The Bertz CT molecular complexity index is 774. The summed E-state index contributed by atoms with van der Waals surface area (Å²) in [6.07, 6.45) is 3.26. The summed E-state index contributed by atoms with van der Waals surface area (Å²) in [6, 6.07) is 13.4. The number of hydrogen-bond donors (Lipinski definition) is 0. The monoisotopic (exact) mass is 373 g/mol. The van der Waals surface area contributed by atoms with E-state index in [1.54, 1.807) is 37.3 Å². The van der Waals surface area contributed by atoms with E-state index in [1.165, 1.54) is 6.08 Å². The van der Waals surface area contributed by atoms with E-state index in [9.17, 15) is 4.79 Å². The fourth-order valence-corrected chi connectivity index (χ4v) is 2.87. The van der Waals surface area contributed by atoms with Gasteiger partial charge in [0.25, 0.3) is 0 Å². The molecule has 2 aromatic carbocycles. The molecule has 0 saturated carbocycles. The molecule has 0 bridgehead atoms. The molecule has 0 fully saturated rings. The van der Waals surface area contributed by atoms with Gasteiger partial charge in [-0.25, -0.2) is 0 Å².